The van der Waals surface area contributed by atoms with Crippen molar-refractivity contribution in [3.8, 4) is 28.8 Å². The number of nitriles is 1. The number of benzene rings is 1. The quantitative estimate of drug-likeness (QED) is 0.592. The van der Waals surface area contributed by atoms with E-state index < -0.39 is 11.9 Å². The Hall–Kier alpha value is -4.19. The fourth-order valence-corrected chi connectivity index (χ4v) is 3.48. The van der Waals surface area contributed by atoms with Gasteiger partial charge < -0.3 is 20.3 Å². The number of carboxylic acids is 1. The maximum Gasteiger partial charge on any atom is 0.307 e. The number of fused-ring (bicyclic) bond motifs is 1. The molecule has 3 aromatic rings. The van der Waals surface area contributed by atoms with E-state index in [9.17, 15) is 20.0 Å². The van der Waals surface area contributed by atoms with Crippen molar-refractivity contribution in [1.29, 1.82) is 5.26 Å². The number of methoxy groups -OCH3 is 1. The van der Waals surface area contributed by atoms with Crippen LogP contribution in [0.1, 0.15) is 34.1 Å². The molecule has 2 aromatic heterocycles. The summed E-state index contributed by atoms with van der Waals surface area (Å²) >= 11 is 0. The highest BCUT2D eigenvalue weighted by Crippen LogP contribution is 2.42. The van der Waals surface area contributed by atoms with Gasteiger partial charge in [0.05, 0.1) is 53.9 Å². The summed E-state index contributed by atoms with van der Waals surface area (Å²) in [4.78, 5) is 32.6. The Morgan fingerprint density at radius 2 is 2.06 bits per heavy atom. The number of aliphatic carboxylic acids is 1. The highest BCUT2D eigenvalue weighted by Gasteiger charge is 2.26. The molecule has 0 spiro atoms. The lowest BCUT2D eigenvalue weighted by Crippen LogP contribution is -2.17. The molecule has 158 valence electrons. The number of hydrogen-bond acceptors (Lipinski definition) is 7. The van der Waals surface area contributed by atoms with Crippen LogP contribution in [-0.4, -0.2) is 40.7 Å². The number of amides is 1. The predicted molar refractivity (Wildman–Crippen MR) is 112 cm³/mol. The minimum atomic E-state index is -1.05. The van der Waals surface area contributed by atoms with Crippen LogP contribution < -0.4 is 15.2 Å². The topological polar surface area (TPSA) is 148 Å². The number of carbonyl (C=O) groups is 2. The van der Waals surface area contributed by atoms with E-state index in [1.807, 2.05) is 6.07 Å². The van der Waals surface area contributed by atoms with Crippen LogP contribution in [0.4, 0.5) is 0 Å². The minimum absolute atomic E-state index is 0.130. The molecule has 9 nitrogen and oxygen atoms in total. The molecular formula is C22H20N4O5. The molecule has 0 aliphatic rings. The Morgan fingerprint density at radius 3 is 2.65 bits per heavy atom. The molecule has 9 heteroatoms. The second-order valence-corrected chi connectivity index (χ2v) is 6.65. The molecule has 3 N–H and O–H groups in total. The number of carbonyl (C=O) groups excluding carboxylic acids is 1. The molecule has 0 atom stereocenters. The van der Waals surface area contributed by atoms with E-state index in [0.717, 1.165) is 0 Å². The van der Waals surface area contributed by atoms with Crippen LogP contribution in [0.25, 0.3) is 22.0 Å². The molecule has 31 heavy (non-hydrogen) atoms. The number of nitrogens with two attached hydrogens (primary N) is 1. The fourth-order valence-electron chi connectivity index (χ4n) is 3.48. The molecule has 0 fully saturated rings. The third kappa shape index (κ3) is 3.96. The molecule has 0 radical (unpaired) electrons. The molecule has 3 rings (SSSR count). The molecule has 0 aliphatic carbocycles. The number of primary amides is 1. The summed E-state index contributed by atoms with van der Waals surface area (Å²) in [5.41, 5.74) is 8.06. The molecule has 1 amide bonds. The van der Waals surface area contributed by atoms with Gasteiger partial charge in [0.25, 0.3) is 5.91 Å². The van der Waals surface area contributed by atoms with Crippen LogP contribution in [0.15, 0.2) is 24.4 Å². The van der Waals surface area contributed by atoms with E-state index in [-0.39, 0.29) is 24.5 Å². The number of ether oxygens (including phenoxy) is 2. The van der Waals surface area contributed by atoms with Gasteiger partial charge in [-0.1, -0.05) is 0 Å². The molecular weight excluding hydrogens is 400 g/mol. The Kier molecular flexibility index (Phi) is 6.02. The Morgan fingerprint density at radius 1 is 1.32 bits per heavy atom. The molecule has 2 heterocycles. The van der Waals surface area contributed by atoms with Gasteiger partial charge in [0, 0.05) is 22.9 Å². The van der Waals surface area contributed by atoms with Gasteiger partial charge in [0.2, 0.25) is 5.88 Å². The van der Waals surface area contributed by atoms with Crippen molar-refractivity contribution in [2.75, 3.05) is 13.7 Å². The first-order valence-electron chi connectivity index (χ1n) is 9.37. The van der Waals surface area contributed by atoms with E-state index in [0.29, 0.717) is 44.6 Å². The van der Waals surface area contributed by atoms with E-state index in [2.05, 4.69) is 9.97 Å². The summed E-state index contributed by atoms with van der Waals surface area (Å²) < 4.78 is 11.2. The van der Waals surface area contributed by atoms with E-state index >= 15 is 0 Å². The van der Waals surface area contributed by atoms with Gasteiger partial charge in [-0.15, -0.1) is 0 Å². The second kappa shape index (κ2) is 8.67. The van der Waals surface area contributed by atoms with Gasteiger partial charge in [-0.25, -0.2) is 4.98 Å². The lowest BCUT2D eigenvalue weighted by atomic mass is 9.92. The van der Waals surface area contributed by atoms with E-state index in [1.165, 1.54) is 19.4 Å². The monoisotopic (exact) mass is 420 g/mol. The number of nitrogens with zero attached hydrogens (tertiary/aromatic N) is 3. The fraction of sp³-hybridized carbons (Fsp3) is 0.227. The number of aryl methyl sites for hydroxylation is 1. The number of pyridine rings is 2. The van der Waals surface area contributed by atoms with Crippen LogP contribution in [0, 0.1) is 18.3 Å². The van der Waals surface area contributed by atoms with Crippen LogP contribution in [0.3, 0.4) is 0 Å². The molecule has 0 aliphatic heterocycles. The third-order valence-corrected chi connectivity index (χ3v) is 4.70. The van der Waals surface area contributed by atoms with Crippen molar-refractivity contribution in [2.24, 2.45) is 5.73 Å². The first-order chi connectivity index (χ1) is 14.8. The van der Waals surface area contributed by atoms with Gasteiger partial charge in [-0.05, 0) is 32.0 Å². The van der Waals surface area contributed by atoms with Crippen molar-refractivity contribution >= 4 is 22.8 Å². The van der Waals surface area contributed by atoms with Gasteiger partial charge in [0.1, 0.15) is 5.75 Å². The van der Waals surface area contributed by atoms with Crippen molar-refractivity contribution in [2.45, 2.75) is 20.3 Å². The number of hydrogen-bond donors (Lipinski definition) is 2. The summed E-state index contributed by atoms with van der Waals surface area (Å²) in [6, 6.07) is 6.80. The Bertz CT molecular complexity index is 1250. The van der Waals surface area contributed by atoms with Gasteiger partial charge in [0.15, 0.2) is 0 Å². The summed E-state index contributed by atoms with van der Waals surface area (Å²) in [5.74, 6) is -1.26. The normalized spacial score (nSPS) is 10.5. The maximum atomic E-state index is 12.4. The first-order valence-corrected chi connectivity index (χ1v) is 9.37. The van der Waals surface area contributed by atoms with Gasteiger partial charge in [-0.3, -0.25) is 14.6 Å². The highest BCUT2D eigenvalue weighted by atomic mass is 16.5. The van der Waals surface area contributed by atoms with Crippen molar-refractivity contribution in [1.82, 2.24) is 9.97 Å². The summed E-state index contributed by atoms with van der Waals surface area (Å²) in [6.07, 6.45) is 1.08. The van der Waals surface area contributed by atoms with Gasteiger partial charge in [-0.2, -0.15) is 5.26 Å². The number of rotatable bonds is 7. The first kappa shape index (κ1) is 21.5. The highest BCUT2D eigenvalue weighted by molar-refractivity contribution is 6.12. The summed E-state index contributed by atoms with van der Waals surface area (Å²) in [7, 11) is 1.44. The largest absolute Gasteiger partial charge is 0.496 e. The third-order valence-electron chi connectivity index (χ3n) is 4.70. The molecule has 0 saturated carbocycles. The molecule has 0 unspecified atom stereocenters. The standard InChI is InChI=1S/C22H20N4O5/c1-4-31-22-19-18(14-6-5-12(9-23)7-15(14)30-3)17(21(24)29)11(2)26-20(19)13(10-25-22)8-16(27)28/h5-7,10H,4,8H2,1-3H3,(H2,24,29)(H,27,28). The van der Waals surface area contributed by atoms with E-state index in [4.69, 9.17) is 15.2 Å². The maximum absolute atomic E-state index is 12.4. The second-order valence-electron chi connectivity index (χ2n) is 6.65. The number of aromatic nitrogens is 2. The average Bonchev–Trinajstić information content (AvgIpc) is 2.73. The summed E-state index contributed by atoms with van der Waals surface area (Å²) in [6.45, 7) is 3.67. The lowest BCUT2D eigenvalue weighted by Gasteiger charge is -2.19. The van der Waals surface area contributed by atoms with Crippen LogP contribution in [0.2, 0.25) is 0 Å². The van der Waals surface area contributed by atoms with Crippen molar-refractivity contribution in [3.63, 3.8) is 0 Å². The number of carboxylic acid groups (broad SMARTS) is 1. The Balaban J connectivity index is 2.56. The SMILES string of the molecule is CCOc1ncc(CC(=O)O)c2nc(C)c(C(N)=O)c(-c3ccc(C#N)cc3OC)c12. The average molecular weight is 420 g/mol. The lowest BCUT2D eigenvalue weighted by molar-refractivity contribution is -0.136. The molecule has 0 bridgehead atoms. The Labute approximate surface area is 178 Å². The van der Waals surface area contributed by atoms with Crippen LogP contribution >= 0.6 is 0 Å². The zero-order valence-corrected chi connectivity index (χ0v) is 17.2. The minimum Gasteiger partial charge on any atom is -0.496 e. The molecule has 1 aromatic carbocycles. The van der Waals surface area contributed by atoms with Crippen molar-refractivity contribution in [3.05, 3.63) is 46.8 Å². The van der Waals surface area contributed by atoms with Crippen molar-refractivity contribution < 1.29 is 24.2 Å². The predicted octanol–water partition coefficient (Wildman–Crippen LogP) is 2.61. The zero-order valence-electron chi connectivity index (χ0n) is 17.2. The smallest absolute Gasteiger partial charge is 0.307 e. The van der Waals surface area contributed by atoms with E-state index in [1.54, 1.807) is 26.0 Å². The molecule has 0 saturated heterocycles. The van der Waals surface area contributed by atoms with Crippen LogP contribution in [0.5, 0.6) is 11.6 Å². The zero-order chi connectivity index (χ0) is 22.7. The summed E-state index contributed by atoms with van der Waals surface area (Å²) in [5, 5.41) is 18.9. The van der Waals surface area contributed by atoms with Gasteiger partial charge >= 0.3 is 5.97 Å². The van der Waals surface area contributed by atoms with Crippen LogP contribution in [-0.2, 0) is 11.2 Å².